The van der Waals surface area contributed by atoms with Gasteiger partial charge in [-0.3, -0.25) is 14.9 Å². The van der Waals surface area contributed by atoms with Crippen LogP contribution < -0.4 is 4.84 Å². The van der Waals surface area contributed by atoms with Crippen LogP contribution in [0.15, 0.2) is 60.9 Å². The summed E-state index contributed by atoms with van der Waals surface area (Å²) in [4.78, 5) is 27.9. The minimum atomic E-state index is -0.521. The maximum absolute atomic E-state index is 11.9. The molecule has 3 aromatic rings. The summed E-state index contributed by atoms with van der Waals surface area (Å²) in [6.07, 6.45) is 5.12. The fraction of sp³-hybridized carbons (Fsp3) is 0.286. The first-order chi connectivity index (χ1) is 14.1. The Morgan fingerprint density at radius 2 is 1.48 bits per heavy atom. The molecule has 152 valence electrons. The van der Waals surface area contributed by atoms with Crippen molar-refractivity contribution in [2.45, 2.75) is 32.4 Å². The molecule has 0 atom stereocenters. The lowest BCUT2D eigenvalue weighted by Gasteiger charge is -2.21. The molecule has 0 spiro atoms. The van der Waals surface area contributed by atoms with Crippen molar-refractivity contribution in [1.82, 2.24) is 19.6 Å². The monoisotopic (exact) mass is 396 g/mol. The third-order valence-corrected chi connectivity index (χ3v) is 4.32. The predicted molar refractivity (Wildman–Crippen MR) is 106 cm³/mol. The summed E-state index contributed by atoms with van der Waals surface area (Å²) >= 11 is 0. The second-order valence-corrected chi connectivity index (χ2v) is 6.62. The Morgan fingerprint density at radius 1 is 0.897 bits per heavy atom. The molecule has 3 aromatic heterocycles. The zero-order valence-corrected chi connectivity index (χ0v) is 16.0. The molecule has 0 bridgehead atoms. The maximum Gasteiger partial charge on any atom is 0.333 e. The lowest BCUT2D eigenvalue weighted by Crippen LogP contribution is -2.25. The van der Waals surface area contributed by atoms with Gasteiger partial charge in [-0.25, -0.2) is 4.79 Å². The Bertz CT molecular complexity index is 839. The van der Waals surface area contributed by atoms with Crippen molar-refractivity contribution < 1.29 is 19.8 Å². The lowest BCUT2D eigenvalue weighted by atomic mass is 10.2. The summed E-state index contributed by atoms with van der Waals surface area (Å²) in [7, 11) is 0. The van der Waals surface area contributed by atoms with Gasteiger partial charge in [0.25, 0.3) is 0 Å². The summed E-state index contributed by atoms with van der Waals surface area (Å²) in [6, 6.07) is 14.2. The first-order valence-corrected chi connectivity index (χ1v) is 9.45. The molecule has 0 fully saturated rings. The third kappa shape index (κ3) is 6.32. The number of carbonyl (C=O) groups excluding carboxylic acids is 1. The maximum atomic E-state index is 11.9. The van der Waals surface area contributed by atoms with Crippen LogP contribution in [-0.2, 0) is 17.9 Å². The Balaban J connectivity index is 1.49. The molecule has 0 saturated heterocycles. The van der Waals surface area contributed by atoms with E-state index in [4.69, 9.17) is 4.84 Å². The molecule has 3 heterocycles. The van der Waals surface area contributed by atoms with E-state index >= 15 is 0 Å². The van der Waals surface area contributed by atoms with Gasteiger partial charge in [0.15, 0.2) is 0 Å². The van der Waals surface area contributed by atoms with Crippen molar-refractivity contribution in [3.05, 3.63) is 72.3 Å². The van der Waals surface area contributed by atoms with E-state index in [1.54, 1.807) is 12.4 Å². The topological polar surface area (TPSA) is 101 Å². The quantitative estimate of drug-likeness (QED) is 0.508. The summed E-state index contributed by atoms with van der Waals surface area (Å²) < 4.78 is 0.705. The van der Waals surface area contributed by atoms with Crippen LogP contribution in [0.2, 0.25) is 0 Å². The molecule has 0 saturated carbocycles. The van der Waals surface area contributed by atoms with Crippen LogP contribution in [0.25, 0.3) is 0 Å². The molecule has 8 nitrogen and oxygen atoms in total. The Hall–Kier alpha value is -3.39. The molecule has 0 radical (unpaired) electrons. The average Bonchev–Trinajstić information content (AvgIpc) is 3.04. The summed E-state index contributed by atoms with van der Waals surface area (Å²) in [5, 5.41) is 19.0. The Morgan fingerprint density at radius 3 is 2.00 bits per heavy atom. The van der Waals surface area contributed by atoms with Crippen LogP contribution in [0.1, 0.15) is 30.7 Å². The van der Waals surface area contributed by atoms with Crippen LogP contribution in [0.4, 0.5) is 0 Å². The summed E-state index contributed by atoms with van der Waals surface area (Å²) in [5.41, 5.74) is 1.95. The second-order valence-electron chi connectivity index (χ2n) is 6.62. The van der Waals surface area contributed by atoms with Crippen LogP contribution >= 0.6 is 0 Å². The van der Waals surface area contributed by atoms with E-state index in [1.165, 1.54) is 12.1 Å². The lowest BCUT2D eigenvalue weighted by molar-refractivity contribution is -0.145. The summed E-state index contributed by atoms with van der Waals surface area (Å²) in [6.45, 7) is 2.14. The average molecular weight is 396 g/mol. The number of hydrogen-bond acceptors (Lipinski definition) is 7. The zero-order valence-electron chi connectivity index (χ0n) is 16.0. The molecule has 3 rings (SSSR count). The van der Waals surface area contributed by atoms with E-state index in [9.17, 15) is 15.0 Å². The van der Waals surface area contributed by atoms with Gasteiger partial charge in [0.1, 0.15) is 0 Å². The summed E-state index contributed by atoms with van der Waals surface area (Å²) in [5.74, 6) is -1.17. The van der Waals surface area contributed by atoms with E-state index in [0.717, 1.165) is 24.4 Å². The van der Waals surface area contributed by atoms with Gasteiger partial charge in [0, 0.05) is 44.0 Å². The highest BCUT2D eigenvalue weighted by Gasteiger charge is 2.13. The van der Waals surface area contributed by atoms with Gasteiger partial charge in [-0.05, 0) is 43.7 Å². The second kappa shape index (κ2) is 10.2. The minimum Gasteiger partial charge on any atom is -0.492 e. The van der Waals surface area contributed by atoms with Gasteiger partial charge < -0.3 is 15.1 Å². The van der Waals surface area contributed by atoms with Crippen LogP contribution in [0, 0.1) is 0 Å². The van der Waals surface area contributed by atoms with Gasteiger partial charge in [-0.2, -0.15) is 0 Å². The number of aromatic hydroxyl groups is 2. The van der Waals surface area contributed by atoms with Crippen molar-refractivity contribution in [1.29, 1.82) is 0 Å². The van der Waals surface area contributed by atoms with Crippen molar-refractivity contribution >= 4 is 5.97 Å². The van der Waals surface area contributed by atoms with Crippen LogP contribution in [-0.4, -0.2) is 42.3 Å². The van der Waals surface area contributed by atoms with Gasteiger partial charge in [0.05, 0.1) is 11.4 Å². The highest BCUT2D eigenvalue weighted by molar-refractivity contribution is 5.69. The van der Waals surface area contributed by atoms with E-state index < -0.39 is 5.97 Å². The third-order valence-electron chi connectivity index (χ3n) is 4.32. The van der Waals surface area contributed by atoms with Crippen molar-refractivity contribution in [3.63, 3.8) is 0 Å². The molecular formula is C21H24N4O4. The fourth-order valence-corrected chi connectivity index (χ4v) is 2.90. The predicted octanol–water partition coefficient (Wildman–Crippen LogP) is 2.52. The normalized spacial score (nSPS) is 10.9. The molecule has 0 aliphatic heterocycles. The highest BCUT2D eigenvalue weighted by atomic mass is 16.7. The molecule has 2 N–H and O–H groups in total. The number of unbranched alkanes of at least 4 members (excludes halogenated alkanes) is 1. The van der Waals surface area contributed by atoms with Crippen molar-refractivity contribution in [2.24, 2.45) is 0 Å². The van der Waals surface area contributed by atoms with Crippen molar-refractivity contribution in [3.8, 4) is 11.8 Å². The molecule has 0 unspecified atom stereocenters. The van der Waals surface area contributed by atoms with Gasteiger partial charge in [0.2, 0.25) is 11.8 Å². The molecule has 0 aliphatic rings. The number of nitrogens with zero attached hydrogens (tertiary/aromatic N) is 4. The number of hydrogen-bond donors (Lipinski definition) is 2. The van der Waals surface area contributed by atoms with Crippen molar-refractivity contribution in [2.75, 3.05) is 6.54 Å². The van der Waals surface area contributed by atoms with E-state index in [0.29, 0.717) is 24.2 Å². The van der Waals surface area contributed by atoms with Crippen LogP contribution in [0.3, 0.4) is 0 Å². The Kier molecular flexibility index (Phi) is 7.18. The van der Waals surface area contributed by atoms with E-state index in [-0.39, 0.29) is 18.2 Å². The molecule has 29 heavy (non-hydrogen) atoms. The molecule has 8 heteroatoms. The number of rotatable bonds is 10. The molecule has 0 amide bonds. The molecule has 0 aliphatic carbocycles. The largest absolute Gasteiger partial charge is 0.492 e. The fourth-order valence-electron chi connectivity index (χ4n) is 2.90. The number of aromatic nitrogens is 3. The minimum absolute atomic E-state index is 0.179. The first kappa shape index (κ1) is 20.3. The van der Waals surface area contributed by atoms with E-state index in [2.05, 4.69) is 14.9 Å². The van der Waals surface area contributed by atoms with Gasteiger partial charge in [-0.1, -0.05) is 12.1 Å². The standard InChI is InChI=1S/C21H24N4O4/c26-19-10-11-20(27)25(19)29-21(28)9-3-6-14-24(15-17-7-1-4-12-22-17)16-18-8-2-5-13-23-18/h1-2,4-5,7-8,10-13,26-27H,3,6,9,14-16H2. The number of carbonyl (C=O) groups is 1. The van der Waals surface area contributed by atoms with E-state index in [1.807, 2.05) is 36.4 Å². The Labute approximate surface area is 169 Å². The van der Waals surface area contributed by atoms with Crippen LogP contribution in [0.5, 0.6) is 11.8 Å². The molecule has 0 aromatic carbocycles. The SMILES string of the molecule is O=C(CCCCN(Cc1ccccn1)Cc1ccccn1)On1c(O)ccc1O. The van der Waals surface area contributed by atoms with Gasteiger partial charge in [-0.15, -0.1) is 4.73 Å². The smallest absolute Gasteiger partial charge is 0.333 e. The number of pyridine rings is 2. The highest BCUT2D eigenvalue weighted by Crippen LogP contribution is 2.19. The molecular weight excluding hydrogens is 372 g/mol. The first-order valence-electron chi connectivity index (χ1n) is 9.45. The zero-order chi connectivity index (χ0) is 20.5. The van der Waals surface area contributed by atoms with Gasteiger partial charge >= 0.3 is 5.97 Å².